The molecule has 0 saturated heterocycles. The molecule has 0 bridgehead atoms. The van der Waals surface area contributed by atoms with Gasteiger partial charge in [-0.1, -0.05) is 61.4 Å². The standard InChI is InChI=1S/C28H30N2O5/c1-2-3-15-25(27(32)33)29-26(31)22-14-8-9-16-24(22)30-28(34)35-17-23-20-12-6-4-10-18(20)19-11-5-7-13-21(19)23/h4-7,10-13,22-25H,8-9,14-17H2,1H3,(H,29,31)(H,30,34)(H,32,33)/t22-,24+,25?/m1/s1. The number of hydrogen-bond acceptors (Lipinski definition) is 4. The summed E-state index contributed by atoms with van der Waals surface area (Å²) in [6.45, 7) is 1.82. The van der Waals surface area contributed by atoms with E-state index < -0.39 is 30.1 Å². The predicted octanol–water partition coefficient (Wildman–Crippen LogP) is 4.07. The summed E-state index contributed by atoms with van der Waals surface area (Å²) in [6, 6.07) is 14.8. The molecular formula is C28H30N2O5. The second-order valence-corrected chi connectivity index (χ2v) is 9.00. The summed E-state index contributed by atoms with van der Waals surface area (Å²) in [4.78, 5) is 37.1. The van der Waals surface area contributed by atoms with Crippen LogP contribution in [0, 0.1) is 17.8 Å². The highest BCUT2D eigenvalue weighted by molar-refractivity contribution is 5.86. The van der Waals surface area contributed by atoms with Crippen molar-refractivity contribution in [2.75, 3.05) is 6.61 Å². The number of rotatable bonds is 7. The molecular weight excluding hydrogens is 444 g/mol. The van der Waals surface area contributed by atoms with Crippen LogP contribution in [0.15, 0.2) is 48.5 Å². The fourth-order valence-electron chi connectivity index (χ4n) is 5.09. The molecule has 2 aliphatic rings. The van der Waals surface area contributed by atoms with E-state index in [4.69, 9.17) is 4.74 Å². The molecule has 1 fully saturated rings. The quantitative estimate of drug-likeness (QED) is 0.525. The summed E-state index contributed by atoms with van der Waals surface area (Å²) in [5.74, 6) is 3.29. The molecule has 7 nitrogen and oxygen atoms in total. The van der Waals surface area contributed by atoms with E-state index in [2.05, 4.69) is 46.7 Å². The van der Waals surface area contributed by atoms with Gasteiger partial charge in [-0.15, -0.1) is 11.8 Å². The average Bonchev–Trinajstić information content (AvgIpc) is 3.19. The van der Waals surface area contributed by atoms with Gasteiger partial charge in [0.15, 0.2) is 0 Å². The summed E-state index contributed by atoms with van der Waals surface area (Å²) in [6.07, 6.45) is 2.40. The lowest BCUT2D eigenvalue weighted by Crippen LogP contribution is -2.51. The van der Waals surface area contributed by atoms with Crippen LogP contribution in [-0.4, -0.2) is 41.8 Å². The lowest BCUT2D eigenvalue weighted by molar-refractivity contribution is -0.142. The van der Waals surface area contributed by atoms with E-state index >= 15 is 0 Å². The van der Waals surface area contributed by atoms with Gasteiger partial charge in [0.1, 0.15) is 12.6 Å². The highest BCUT2D eigenvalue weighted by atomic mass is 16.5. The Hall–Kier alpha value is -3.79. The number of nitrogens with one attached hydrogen (secondary N) is 2. The van der Waals surface area contributed by atoms with Crippen LogP contribution in [0.3, 0.4) is 0 Å². The molecule has 0 aromatic heterocycles. The predicted molar refractivity (Wildman–Crippen MR) is 132 cm³/mol. The van der Waals surface area contributed by atoms with Gasteiger partial charge in [0, 0.05) is 18.4 Å². The van der Waals surface area contributed by atoms with Crippen molar-refractivity contribution < 1.29 is 24.2 Å². The maximum atomic E-state index is 12.9. The van der Waals surface area contributed by atoms with Crippen molar-refractivity contribution in [2.45, 2.75) is 57.0 Å². The maximum absolute atomic E-state index is 12.9. The third-order valence-electron chi connectivity index (χ3n) is 6.85. The third-order valence-corrected chi connectivity index (χ3v) is 6.85. The molecule has 2 aliphatic carbocycles. The van der Waals surface area contributed by atoms with Crippen molar-refractivity contribution in [2.24, 2.45) is 5.92 Å². The van der Waals surface area contributed by atoms with Crippen molar-refractivity contribution in [3.63, 3.8) is 0 Å². The van der Waals surface area contributed by atoms with Crippen molar-refractivity contribution in [1.29, 1.82) is 0 Å². The number of hydrogen-bond donors (Lipinski definition) is 3. The molecule has 7 heteroatoms. The first-order valence-corrected chi connectivity index (χ1v) is 12.0. The Morgan fingerprint density at radius 1 is 1.03 bits per heavy atom. The first-order chi connectivity index (χ1) is 17.0. The lowest BCUT2D eigenvalue weighted by atomic mass is 9.83. The molecule has 0 spiro atoms. The van der Waals surface area contributed by atoms with Gasteiger partial charge in [-0.05, 0) is 42.0 Å². The zero-order chi connectivity index (χ0) is 24.8. The SMILES string of the molecule is CC#CCC(NC(=O)[C@@H]1CCCC[C@@H]1NC(=O)OCC1c2ccccc2-c2ccccc21)C(=O)O. The Labute approximate surface area is 205 Å². The summed E-state index contributed by atoms with van der Waals surface area (Å²) < 4.78 is 5.65. The molecule has 35 heavy (non-hydrogen) atoms. The molecule has 1 unspecified atom stereocenters. The zero-order valence-electron chi connectivity index (χ0n) is 19.8. The number of alkyl carbamates (subject to hydrolysis) is 1. The first-order valence-electron chi connectivity index (χ1n) is 12.0. The van der Waals surface area contributed by atoms with Crippen molar-refractivity contribution in [3.05, 3.63) is 59.7 Å². The van der Waals surface area contributed by atoms with E-state index in [0.29, 0.717) is 12.8 Å². The van der Waals surface area contributed by atoms with Gasteiger partial charge < -0.3 is 20.5 Å². The second-order valence-electron chi connectivity index (χ2n) is 9.00. The topological polar surface area (TPSA) is 105 Å². The van der Waals surface area contributed by atoms with Gasteiger partial charge in [-0.2, -0.15) is 0 Å². The maximum Gasteiger partial charge on any atom is 0.407 e. The number of aliphatic carboxylic acids is 1. The summed E-state index contributed by atoms with van der Waals surface area (Å²) >= 11 is 0. The molecule has 2 aromatic carbocycles. The van der Waals surface area contributed by atoms with E-state index in [1.165, 1.54) is 0 Å². The molecule has 0 radical (unpaired) electrons. The minimum atomic E-state index is -1.13. The molecule has 4 rings (SSSR count). The van der Waals surface area contributed by atoms with Crippen LogP contribution in [0.25, 0.3) is 11.1 Å². The molecule has 0 heterocycles. The average molecular weight is 475 g/mol. The first kappa shape index (κ1) is 24.3. The van der Waals surface area contributed by atoms with Crippen molar-refractivity contribution in [3.8, 4) is 23.0 Å². The summed E-state index contributed by atoms with van der Waals surface area (Å²) in [5, 5.41) is 14.9. The van der Waals surface area contributed by atoms with E-state index in [1.54, 1.807) is 6.92 Å². The van der Waals surface area contributed by atoms with Crippen LogP contribution in [0.4, 0.5) is 4.79 Å². The molecule has 1 saturated carbocycles. The number of carbonyl (C=O) groups excluding carboxylic acids is 2. The Kier molecular flexibility index (Phi) is 7.71. The van der Waals surface area contributed by atoms with E-state index in [-0.39, 0.29) is 24.9 Å². The number of ether oxygens (including phenoxy) is 1. The number of carbonyl (C=O) groups is 3. The molecule has 2 aromatic rings. The van der Waals surface area contributed by atoms with E-state index in [0.717, 1.165) is 35.1 Å². The number of carboxylic acids is 1. The molecule has 3 N–H and O–H groups in total. The minimum Gasteiger partial charge on any atom is -0.480 e. The number of fused-ring (bicyclic) bond motifs is 3. The normalized spacial score (nSPS) is 19.3. The van der Waals surface area contributed by atoms with Crippen LogP contribution < -0.4 is 10.6 Å². The smallest absolute Gasteiger partial charge is 0.407 e. The second kappa shape index (κ2) is 11.1. The third kappa shape index (κ3) is 5.48. The Balaban J connectivity index is 1.38. The molecule has 182 valence electrons. The monoisotopic (exact) mass is 474 g/mol. The van der Waals surface area contributed by atoms with Gasteiger partial charge in [0.25, 0.3) is 0 Å². The molecule has 0 aliphatic heterocycles. The Bertz CT molecular complexity index is 1120. The van der Waals surface area contributed by atoms with Crippen LogP contribution in [-0.2, 0) is 14.3 Å². The summed E-state index contributed by atoms with van der Waals surface area (Å²) in [7, 11) is 0. The van der Waals surface area contributed by atoms with Crippen LogP contribution >= 0.6 is 0 Å². The lowest BCUT2D eigenvalue weighted by Gasteiger charge is -2.31. The van der Waals surface area contributed by atoms with Gasteiger partial charge in [0.2, 0.25) is 5.91 Å². The number of carboxylic acid groups (broad SMARTS) is 1. The summed E-state index contributed by atoms with van der Waals surface area (Å²) in [5.41, 5.74) is 4.57. The molecule has 2 amide bonds. The van der Waals surface area contributed by atoms with Crippen molar-refractivity contribution >= 4 is 18.0 Å². The van der Waals surface area contributed by atoms with Gasteiger partial charge in [-0.25, -0.2) is 9.59 Å². The molecule has 3 atom stereocenters. The van der Waals surface area contributed by atoms with E-state index in [1.807, 2.05) is 24.3 Å². The number of amides is 2. The van der Waals surface area contributed by atoms with Crippen LogP contribution in [0.2, 0.25) is 0 Å². The highest BCUT2D eigenvalue weighted by Gasteiger charge is 2.35. The van der Waals surface area contributed by atoms with Gasteiger partial charge >= 0.3 is 12.1 Å². The largest absolute Gasteiger partial charge is 0.480 e. The minimum absolute atomic E-state index is 0.0365. The zero-order valence-corrected chi connectivity index (χ0v) is 19.8. The number of benzene rings is 2. The van der Waals surface area contributed by atoms with Crippen LogP contribution in [0.5, 0.6) is 0 Å². The fraction of sp³-hybridized carbons (Fsp3) is 0.393. The van der Waals surface area contributed by atoms with Gasteiger partial charge in [0.05, 0.1) is 5.92 Å². The highest BCUT2D eigenvalue weighted by Crippen LogP contribution is 2.44. The Morgan fingerprint density at radius 2 is 1.66 bits per heavy atom. The fourth-order valence-corrected chi connectivity index (χ4v) is 5.09. The Morgan fingerprint density at radius 3 is 2.29 bits per heavy atom. The van der Waals surface area contributed by atoms with E-state index in [9.17, 15) is 19.5 Å². The van der Waals surface area contributed by atoms with Gasteiger partial charge in [-0.3, -0.25) is 4.79 Å². The van der Waals surface area contributed by atoms with Crippen LogP contribution in [0.1, 0.15) is 56.1 Å². The van der Waals surface area contributed by atoms with Crippen molar-refractivity contribution in [1.82, 2.24) is 10.6 Å².